The SMILES string of the molecule is O=C1NC[C@H]2CN(c3nc(-c4ccccc4Cl)cs3)CCN12. The molecule has 114 valence electrons. The molecule has 0 radical (unpaired) electrons. The highest BCUT2D eigenvalue weighted by molar-refractivity contribution is 7.14. The van der Waals surface area contributed by atoms with Crippen molar-refractivity contribution in [2.24, 2.45) is 0 Å². The Labute approximate surface area is 137 Å². The van der Waals surface area contributed by atoms with Gasteiger partial charge in [0.25, 0.3) is 0 Å². The predicted octanol–water partition coefficient (Wildman–Crippen LogP) is 2.68. The minimum atomic E-state index is 0.0561. The van der Waals surface area contributed by atoms with Crippen molar-refractivity contribution in [1.82, 2.24) is 15.2 Å². The Morgan fingerprint density at radius 3 is 3.05 bits per heavy atom. The maximum absolute atomic E-state index is 11.6. The highest BCUT2D eigenvalue weighted by Gasteiger charge is 2.36. The summed E-state index contributed by atoms with van der Waals surface area (Å²) in [5.74, 6) is 0. The maximum atomic E-state index is 11.6. The number of carbonyl (C=O) groups is 1. The van der Waals surface area contributed by atoms with Crippen LogP contribution in [0.5, 0.6) is 0 Å². The van der Waals surface area contributed by atoms with Crippen LogP contribution < -0.4 is 10.2 Å². The summed E-state index contributed by atoms with van der Waals surface area (Å²) in [5.41, 5.74) is 1.87. The summed E-state index contributed by atoms with van der Waals surface area (Å²) in [6, 6.07) is 8.05. The van der Waals surface area contributed by atoms with Gasteiger partial charge in [-0.15, -0.1) is 11.3 Å². The Hall–Kier alpha value is -1.79. The van der Waals surface area contributed by atoms with Gasteiger partial charge in [-0.05, 0) is 6.07 Å². The Balaban J connectivity index is 1.55. The van der Waals surface area contributed by atoms with E-state index in [0.717, 1.165) is 47.6 Å². The normalized spacial score (nSPS) is 21.0. The zero-order valence-electron chi connectivity index (χ0n) is 11.8. The smallest absolute Gasteiger partial charge is 0.317 e. The van der Waals surface area contributed by atoms with Crippen molar-refractivity contribution in [2.45, 2.75) is 6.04 Å². The first-order valence-electron chi connectivity index (χ1n) is 7.22. The van der Waals surface area contributed by atoms with E-state index in [2.05, 4.69) is 10.2 Å². The van der Waals surface area contributed by atoms with Crippen molar-refractivity contribution in [3.63, 3.8) is 0 Å². The number of hydrogen-bond acceptors (Lipinski definition) is 4. The van der Waals surface area contributed by atoms with Gasteiger partial charge in [0.15, 0.2) is 5.13 Å². The van der Waals surface area contributed by atoms with Crippen molar-refractivity contribution in [3.8, 4) is 11.3 Å². The van der Waals surface area contributed by atoms with Gasteiger partial charge in [0.2, 0.25) is 0 Å². The molecule has 2 aromatic rings. The Kier molecular flexibility index (Phi) is 3.43. The van der Waals surface area contributed by atoms with E-state index < -0.39 is 0 Å². The fourth-order valence-corrected chi connectivity index (χ4v) is 4.08. The Bertz CT molecular complexity index is 719. The lowest BCUT2D eigenvalue weighted by atomic mass is 10.2. The van der Waals surface area contributed by atoms with Crippen LogP contribution in [0, 0.1) is 0 Å². The third kappa shape index (κ3) is 2.32. The molecule has 2 fully saturated rings. The van der Waals surface area contributed by atoms with E-state index in [9.17, 15) is 4.79 Å². The average molecular weight is 335 g/mol. The summed E-state index contributed by atoms with van der Waals surface area (Å²) < 4.78 is 0. The average Bonchev–Trinajstić information content (AvgIpc) is 3.15. The third-order valence-electron chi connectivity index (χ3n) is 4.14. The van der Waals surface area contributed by atoms with E-state index >= 15 is 0 Å². The number of carbonyl (C=O) groups excluding carboxylic acids is 1. The van der Waals surface area contributed by atoms with Crippen molar-refractivity contribution in [1.29, 1.82) is 0 Å². The monoisotopic (exact) mass is 334 g/mol. The molecule has 0 saturated carbocycles. The van der Waals surface area contributed by atoms with E-state index in [4.69, 9.17) is 16.6 Å². The first-order valence-corrected chi connectivity index (χ1v) is 8.48. The summed E-state index contributed by atoms with van der Waals surface area (Å²) in [6.45, 7) is 3.11. The molecular weight excluding hydrogens is 320 g/mol. The van der Waals surface area contributed by atoms with E-state index in [1.807, 2.05) is 34.5 Å². The molecule has 0 unspecified atom stereocenters. The summed E-state index contributed by atoms with van der Waals surface area (Å²) in [5, 5.41) is 6.65. The van der Waals surface area contributed by atoms with Gasteiger partial charge in [-0.3, -0.25) is 0 Å². The van der Waals surface area contributed by atoms with Gasteiger partial charge in [0.05, 0.1) is 11.7 Å². The molecule has 2 aliphatic heterocycles. The second-order valence-electron chi connectivity index (χ2n) is 5.47. The molecule has 4 rings (SSSR count). The van der Waals surface area contributed by atoms with Gasteiger partial charge in [0.1, 0.15) is 0 Å². The molecule has 22 heavy (non-hydrogen) atoms. The largest absolute Gasteiger partial charge is 0.344 e. The highest BCUT2D eigenvalue weighted by Crippen LogP contribution is 2.32. The maximum Gasteiger partial charge on any atom is 0.317 e. The molecule has 0 bridgehead atoms. The Morgan fingerprint density at radius 1 is 1.32 bits per heavy atom. The number of piperazine rings is 1. The van der Waals surface area contributed by atoms with Gasteiger partial charge < -0.3 is 15.1 Å². The standard InChI is InChI=1S/C15H15ClN4OS/c16-12-4-2-1-3-11(12)13-9-22-15(18-13)19-5-6-20-10(8-19)7-17-14(20)21/h1-4,9-10H,5-8H2,(H,17,21)/t10-/m0/s1. The van der Waals surface area contributed by atoms with E-state index in [1.54, 1.807) is 11.3 Å². The van der Waals surface area contributed by atoms with Gasteiger partial charge >= 0.3 is 6.03 Å². The van der Waals surface area contributed by atoms with Crippen molar-refractivity contribution < 1.29 is 4.79 Å². The number of rotatable bonds is 2. The quantitative estimate of drug-likeness (QED) is 0.918. The second-order valence-corrected chi connectivity index (χ2v) is 6.72. The number of amides is 2. The van der Waals surface area contributed by atoms with Crippen molar-refractivity contribution in [3.05, 3.63) is 34.7 Å². The number of anilines is 1. The summed E-state index contributed by atoms with van der Waals surface area (Å²) in [7, 11) is 0. The van der Waals surface area contributed by atoms with Crippen LogP contribution in [-0.4, -0.2) is 48.1 Å². The lowest BCUT2D eigenvalue weighted by molar-refractivity contribution is 0.197. The molecule has 2 amide bonds. The molecule has 1 N–H and O–H groups in total. The molecule has 3 heterocycles. The number of nitrogens with zero attached hydrogens (tertiary/aromatic N) is 3. The van der Waals surface area contributed by atoms with Crippen LogP contribution in [0.1, 0.15) is 0 Å². The highest BCUT2D eigenvalue weighted by atomic mass is 35.5. The molecule has 7 heteroatoms. The van der Waals surface area contributed by atoms with Crippen LogP contribution in [0.2, 0.25) is 5.02 Å². The number of fused-ring (bicyclic) bond motifs is 1. The molecule has 2 saturated heterocycles. The van der Waals surface area contributed by atoms with E-state index in [-0.39, 0.29) is 12.1 Å². The van der Waals surface area contributed by atoms with Gasteiger partial charge in [-0.25, -0.2) is 9.78 Å². The van der Waals surface area contributed by atoms with Crippen molar-refractivity contribution >= 4 is 34.1 Å². The fraction of sp³-hybridized carbons (Fsp3) is 0.333. The number of hydrogen-bond donors (Lipinski definition) is 1. The fourth-order valence-electron chi connectivity index (χ4n) is 2.98. The number of thiazole rings is 1. The van der Waals surface area contributed by atoms with Crippen LogP contribution in [0.4, 0.5) is 9.93 Å². The zero-order chi connectivity index (χ0) is 15.1. The van der Waals surface area contributed by atoms with Crippen molar-refractivity contribution in [2.75, 3.05) is 31.1 Å². The molecule has 1 aromatic heterocycles. The molecule has 2 aliphatic rings. The molecule has 0 spiro atoms. The minimum absolute atomic E-state index is 0.0561. The number of nitrogens with one attached hydrogen (secondary N) is 1. The second kappa shape index (κ2) is 5.44. The topological polar surface area (TPSA) is 48.5 Å². The molecule has 1 aromatic carbocycles. The number of urea groups is 1. The molecule has 1 atom stereocenters. The molecular formula is C15H15ClN4OS. The summed E-state index contributed by atoms with van der Waals surface area (Å²) >= 11 is 7.87. The lowest BCUT2D eigenvalue weighted by Crippen LogP contribution is -2.52. The van der Waals surface area contributed by atoms with Gasteiger partial charge in [0, 0.05) is 42.1 Å². The third-order valence-corrected chi connectivity index (χ3v) is 5.38. The zero-order valence-corrected chi connectivity index (χ0v) is 13.4. The minimum Gasteiger partial charge on any atom is -0.344 e. The summed E-state index contributed by atoms with van der Waals surface area (Å²) in [6.07, 6.45) is 0. The van der Waals surface area contributed by atoms with Crippen LogP contribution in [0.3, 0.4) is 0 Å². The van der Waals surface area contributed by atoms with Gasteiger partial charge in [-0.1, -0.05) is 29.8 Å². The lowest BCUT2D eigenvalue weighted by Gasteiger charge is -2.36. The molecule has 0 aliphatic carbocycles. The van der Waals surface area contributed by atoms with Crippen LogP contribution in [0.15, 0.2) is 29.6 Å². The Morgan fingerprint density at radius 2 is 2.18 bits per heavy atom. The van der Waals surface area contributed by atoms with Crippen LogP contribution >= 0.6 is 22.9 Å². The van der Waals surface area contributed by atoms with Gasteiger partial charge in [-0.2, -0.15) is 0 Å². The van der Waals surface area contributed by atoms with E-state index in [1.165, 1.54) is 0 Å². The molecule has 5 nitrogen and oxygen atoms in total. The van der Waals surface area contributed by atoms with E-state index in [0.29, 0.717) is 0 Å². The number of benzene rings is 1. The number of aromatic nitrogens is 1. The first kappa shape index (κ1) is 13.8. The first-order chi connectivity index (χ1) is 10.7. The van der Waals surface area contributed by atoms with Crippen LogP contribution in [0.25, 0.3) is 11.3 Å². The number of halogens is 1. The predicted molar refractivity (Wildman–Crippen MR) is 88.7 cm³/mol. The van der Waals surface area contributed by atoms with Crippen LogP contribution in [-0.2, 0) is 0 Å². The summed E-state index contributed by atoms with van der Waals surface area (Å²) in [4.78, 5) is 20.6.